The smallest absolute Gasteiger partial charge is 0.449 e. The highest BCUT2D eigenvalue weighted by Gasteiger charge is 2.36. The quantitative estimate of drug-likeness (QED) is 0.544. The number of halogens is 7. The molecule has 1 aliphatic rings. The summed E-state index contributed by atoms with van der Waals surface area (Å²) in [7, 11) is 0. The third-order valence-corrected chi connectivity index (χ3v) is 4.87. The maximum Gasteiger partial charge on any atom is 0.449 e. The van der Waals surface area contributed by atoms with Crippen LogP contribution in [0.5, 0.6) is 11.5 Å². The lowest BCUT2D eigenvalue weighted by molar-refractivity contribution is -0.144. The highest BCUT2D eigenvalue weighted by molar-refractivity contribution is 5.92. The number of nitrogens with one attached hydrogen (secondary N) is 1. The first-order valence-electron chi connectivity index (χ1n) is 9.35. The van der Waals surface area contributed by atoms with Gasteiger partial charge in [0.15, 0.2) is 0 Å². The topological polar surface area (TPSA) is 71.1 Å². The summed E-state index contributed by atoms with van der Waals surface area (Å²) in [6, 6.07) is 3.71. The number of benzene rings is 1. The van der Waals surface area contributed by atoms with Gasteiger partial charge in [0.25, 0.3) is 5.91 Å². The van der Waals surface area contributed by atoms with E-state index in [0.29, 0.717) is 29.8 Å². The molecule has 6 nitrogen and oxygen atoms in total. The summed E-state index contributed by atoms with van der Waals surface area (Å²) in [5, 5.41) is 0. The summed E-state index contributed by atoms with van der Waals surface area (Å²) in [5.41, 5.74) is -0.585. The molecule has 1 amide bonds. The Morgan fingerprint density at radius 3 is 2.39 bits per heavy atom. The van der Waals surface area contributed by atoms with Gasteiger partial charge in [0, 0.05) is 12.6 Å². The van der Waals surface area contributed by atoms with Gasteiger partial charge in [-0.05, 0) is 30.2 Å². The standard InChI is InChI=1S/C20H13F7N4O2/c21-14-6-11(1-2-13(14)19(22,23)24)33-12-5-10-3-4-31(9-16(10)28-7-12)17(32)15-8-29-18(30-15)20(25,26)27/h1-2,5-8H,3-4,9H2,(H,29,30). The lowest BCUT2D eigenvalue weighted by Gasteiger charge is -2.28. The molecule has 0 bridgehead atoms. The van der Waals surface area contributed by atoms with Crippen LogP contribution in [0.2, 0.25) is 0 Å². The summed E-state index contributed by atoms with van der Waals surface area (Å²) in [6.45, 7) is 0.190. The van der Waals surface area contributed by atoms with Crippen molar-refractivity contribution >= 4 is 5.91 Å². The summed E-state index contributed by atoms with van der Waals surface area (Å²) in [4.78, 5) is 23.1. The van der Waals surface area contributed by atoms with E-state index in [4.69, 9.17) is 4.74 Å². The second-order valence-electron chi connectivity index (χ2n) is 7.14. The Kier molecular flexibility index (Phi) is 5.50. The molecule has 0 saturated heterocycles. The SMILES string of the molecule is O=C(c1cnc(C(F)(F)F)[nH]1)N1CCc2cc(Oc3ccc(C(F)(F)F)c(F)c3)cnc2C1. The van der Waals surface area contributed by atoms with Crippen molar-refractivity contribution in [2.45, 2.75) is 25.3 Å². The number of imidazole rings is 1. The van der Waals surface area contributed by atoms with Crippen LogP contribution in [0.3, 0.4) is 0 Å². The van der Waals surface area contributed by atoms with E-state index in [1.165, 1.54) is 11.1 Å². The number of hydrogen-bond donors (Lipinski definition) is 1. The van der Waals surface area contributed by atoms with Crippen LogP contribution in [-0.2, 0) is 25.3 Å². The van der Waals surface area contributed by atoms with Crippen LogP contribution in [0.1, 0.15) is 33.1 Å². The number of rotatable bonds is 3. The van der Waals surface area contributed by atoms with Crippen LogP contribution in [0, 0.1) is 5.82 Å². The zero-order valence-electron chi connectivity index (χ0n) is 16.4. The number of amides is 1. The maximum atomic E-state index is 13.7. The van der Waals surface area contributed by atoms with Crippen molar-refractivity contribution in [1.29, 1.82) is 0 Å². The van der Waals surface area contributed by atoms with Gasteiger partial charge in [-0.2, -0.15) is 26.3 Å². The lowest BCUT2D eigenvalue weighted by atomic mass is 10.0. The molecule has 3 aromatic rings. The number of nitrogens with zero attached hydrogens (tertiary/aromatic N) is 3. The molecule has 0 spiro atoms. The van der Waals surface area contributed by atoms with Crippen LogP contribution >= 0.6 is 0 Å². The Balaban J connectivity index is 1.46. The highest BCUT2D eigenvalue weighted by Crippen LogP contribution is 2.34. The molecular weight excluding hydrogens is 461 g/mol. The summed E-state index contributed by atoms with van der Waals surface area (Å²) in [6.07, 6.45) is -7.17. The number of pyridine rings is 1. The zero-order valence-corrected chi connectivity index (χ0v) is 16.4. The molecule has 1 aromatic carbocycles. The molecule has 0 saturated carbocycles. The Bertz CT molecular complexity index is 1200. The molecule has 0 aliphatic carbocycles. The van der Waals surface area contributed by atoms with Crippen molar-refractivity contribution in [3.63, 3.8) is 0 Å². The number of hydrogen-bond acceptors (Lipinski definition) is 4. The summed E-state index contributed by atoms with van der Waals surface area (Å²) in [5.74, 6) is -3.44. The number of aromatic nitrogens is 3. The van der Waals surface area contributed by atoms with E-state index >= 15 is 0 Å². The number of alkyl halides is 6. The molecule has 2 aromatic heterocycles. The lowest BCUT2D eigenvalue weighted by Crippen LogP contribution is -2.36. The van der Waals surface area contributed by atoms with E-state index in [1.807, 2.05) is 4.98 Å². The Labute approximate surface area is 181 Å². The number of carbonyl (C=O) groups is 1. The number of ether oxygens (including phenoxy) is 1. The molecule has 0 atom stereocenters. The van der Waals surface area contributed by atoms with Gasteiger partial charge in [0.1, 0.15) is 23.0 Å². The van der Waals surface area contributed by atoms with Crippen LogP contribution in [0.4, 0.5) is 30.7 Å². The first-order chi connectivity index (χ1) is 15.4. The number of fused-ring (bicyclic) bond motifs is 1. The fraction of sp³-hybridized carbons (Fsp3) is 0.250. The number of aromatic amines is 1. The van der Waals surface area contributed by atoms with Gasteiger partial charge in [-0.15, -0.1) is 0 Å². The Morgan fingerprint density at radius 2 is 1.76 bits per heavy atom. The van der Waals surface area contributed by atoms with Gasteiger partial charge < -0.3 is 14.6 Å². The van der Waals surface area contributed by atoms with Gasteiger partial charge in [0.05, 0.1) is 30.2 Å². The van der Waals surface area contributed by atoms with E-state index in [0.717, 1.165) is 12.3 Å². The molecule has 3 heterocycles. The molecule has 0 unspecified atom stereocenters. The fourth-order valence-electron chi connectivity index (χ4n) is 3.29. The van der Waals surface area contributed by atoms with Gasteiger partial charge in [0.2, 0.25) is 5.82 Å². The molecule has 4 rings (SSSR count). The van der Waals surface area contributed by atoms with Gasteiger partial charge in [-0.3, -0.25) is 9.78 Å². The summed E-state index contributed by atoms with van der Waals surface area (Å²) >= 11 is 0. The van der Waals surface area contributed by atoms with Crippen molar-refractivity contribution < 1.29 is 40.3 Å². The largest absolute Gasteiger partial charge is 0.456 e. The molecule has 0 fully saturated rings. The predicted octanol–water partition coefficient (Wildman–Crippen LogP) is 4.97. The summed E-state index contributed by atoms with van der Waals surface area (Å²) < 4.78 is 95.2. The minimum atomic E-state index is -4.83. The highest BCUT2D eigenvalue weighted by atomic mass is 19.4. The average molecular weight is 474 g/mol. The van der Waals surface area contributed by atoms with Crippen molar-refractivity contribution in [1.82, 2.24) is 19.9 Å². The number of H-pyrrole nitrogens is 1. The van der Waals surface area contributed by atoms with Gasteiger partial charge in [-0.25, -0.2) is 9.37 Å². The molecule has 1 aliphatic heterocycles. The van der Waals surface area contributed by atoms with Crippen LogP contribution < -0.4 is 4.74 Å². The van der Waals surface area contributed by atoms with Crippen molar-refractivity contribution in [3.05, 3.63) is 70.8 Å². The van der Waals surface area contributed by atoms with Gasteiger partial charge in [-0.1, -0.05) is 0 Å². The Morgan fingerprint density at radius 1 is 1.00 bits per heavy atom. The first kappa shape index (κ1) is 22.6. The molecule has 1 N–H and O–H groups in total. The van der Waals surface area contributed by atoms with Crippen LogP contribution in [-0.4, -0.2) is 32.3 Å². The maximum absolute atomic E-state index is 13.7. The van der Waals surface area contributed by atoms with E-state index in [1.54, 1.807) is 6.07 Å². The van der Waals surface area contributed by atoms with Crippen molar-refractivity contribution in [2.24, 2.45) is 0 Å². The molecule has 13 heteroatoms. The number of carbonyl (C=O) groups excluding carboxylic acids is 1. The first-order valence-corrected chi connectivity index (χ1v) is 9.35. The Hall–Kier alpha value is -3.64. The molecule has 174 valence electrons. The van der Waals surface area contributed by atoms with E-state index in [2.05, 4.69) is 9.97 Å². The second kappa shape index (κ2) is 8.05. The molecule has 33 heavy (non-hydrogen) atoms. The monoisotopic (exact) mass is 474 g/mol. The minimum absolute atomic E-state index is 0.0176. The normalized spacial score (nSPS) is 14.2. The fourth-order valence-corrected chi connectivity index (χ4v) is 3.29. The van der Waals surface area contributed by atoms with E-state index < -0.39 is 35.5 Å². The van der Waals surface area contributed by atoms with Crippen molar-refractivity contribution in [3.8, 4) is 11.5 Å². The second-order valence-corrected chi connectivity index (χ2v) is 7.14. The average Bonchev–Trinajstić information content (AvgIpc) is 3.23. The predicted molar refractivity (Wildman–Crippen MR) is 97.7 cm³/mol. The molecular formula is C20H13F7N4O2. The van der Waals surface area contributed by atoms with Crippen LogP contribution in [0.15, 0.2) is 36.7 Å². The zero-order chi connectivity index (χ0) is 24.0. The van der Waals surface area contributed by atoms with Crippen molar-refractivity contribution in [2.75, 3.05) is 6.54 Å². The third kappa shape index (κ3) is 4.76. The minimum Gasteiger partial charge on any atom is -0.456 e. The third-order valence-electron chi connectivity index (χ3n) is 4.87. The van der Waals surface area contributed by atoms with Gasteiger partial charge >= 0.3 is 12.4 Å². The van der Waals surface area contributed by atoms with E-state index in [9.17, 15) is 35.5 Å². The van der Waals surface area contributed by atoms with Crippen LogP contribution in [0.25, 0.3) is 0 Å². The molecule has 0 radical (unpaired) electrons. The van der Waals surface area contributed by atoms with E-state index in [-0.39, 0.29) is 30.3 Å².